The Balaban J connectivity index is 1.72. The number of carbonyl (C=O) groups is 1. The van der Waals surface area contributed by atoms with Gasteiger partial charge in [0, 0.05) is 18.7 Å². The van der Waals surface area contributed by atoms with E-state index in [9.17, 15) is 4.79 Å². The van der Waals surface area contributed by atoms with Gasteiger partial charge in [0.25, 0.3) is 0 Å². The molecule has 1 saturated heterocycles. The molecule has 0 unspecified atom stereocenters. The van der Waals surface area contributed by atoms with Gasteiger partial charge in [0.15, 0.2) is 11.5 Å². The van der Waals surface area contributed by atoms with E-state index in [0.29, 0.717) is 18.0 Å². The Labute approximate surface area is 132 Å². The van der Waals surface area contributed by atoms with Crippen LogP contribution in [-0.2, 0) is 4.79 Å². The molecule has 116 valence electrons. The SMILES string of the molecule is NC(=O)[C@@H]1CCN(c2ccc3nnc(-c4ccccc4)n3n2)C1. The number of amides is 1. The van der Waals surface area contributed by atoms with Crippen molar-refractivity contribution in [3.63, 3.8) is 0 Å². The van der Waals surface area contributed by atoms with Gasteiger partial charge in [0.2, 0.25) is 5.91 Å². The van der Waals surface area contributed by atoms with E-state index >= 15 is 0 Å². The van der Waals surface area contributed by atoms with Crippen LogP contribution < -0.4 is 10.6 Å². The molecule has 23 heavy (non-hydrogen) atoms. The number of nitrogens with zero attached hydrogens (tertiary/aromatic N) is 5. The zero-order chi connectivity index (χ0) is 15.8. The van der Waals surface area contributed by atoms with Gasteiger partial charge in [-0.15, -0.1) is 15.3 Å². The maximum absolute atomic E-state index is 11.3. The van der Waals surface area contributed by atoms with E-state index in [1.54, 1.807) is 4.52 Å². The van der Waals surface area contributed by atoms with Crippen molar-refractivity contribution in [1.29, 1.82) is 0 Å². The fourth-order valence-electron chi connectivity index (χ4n) is 2.92. The third kappa shape index (κ3) is 2.40. The summed E-state index contributed by atoms with van der Waals surface area (Å²) in [4.78, 5) is 13.4. The molecule has 3 aromatic rings. The number of benzene rings is 1. The minimum Gasteiger partial charge on any atom is -0.369 e. The molecular formula is C16H16N6O. The van der Waals surface area contributed by atoms with Gasteiger partial charge in [-0.2, -0.15) is 4.52 Å². The largest absolute Gasteiger partial charge is 0.369 e. The van der Waals surface area contributed by atoms with E-state index in [4.69, 9.17) is 5.73 Å². The van der Waals surface area contributed by atoms with Crippen LogP contribution in [0, 0.1) is 5.92 Å². The van der Waals surface area contributed by atoms with Crippen LogP contribution in [0.1, 0.15) is 6.42 Å². The average molecular weight is 308 g/mol. The first kappa shape index (κ1) is 13.7. The van der Waals surface area contributed by atoms with Gasteiger partial charge >= 0.3 is 0 Å². The second-order valence-electron chi connectivity index (χ2n) is 5.69. The van der Waals surface area contributed by atoms with E-state index in [2.05, 4.69) is 20.2 Å². The van der Waals surface area contributed by atoms with Gasteiger partial charge in [0.05, 0.1) is 5.92 Å². The summed E-state index contributed by atoms with van der Waals surface area (Å²) in [5.74, 6) is 1.15. The molecule has 2 aromatic heterocycles. The zero-order valence-corrected chi connectivity index (χ0v) is 12.5. The molecule has 1 aromatic carbocycles. The fraction of sp³-hybridized carbons (Fsp3) is 0.250. The monoisotopic (exact) mass is 308 g/mol. The average Bonchev–Trinajstić information content (AvgIpc) is 3.22. The number of aromatic nitrogens is 4. The van der Waals surface area contributed by atoms with Gasteiger partial charge < -0.3 is 10.6 Å². The van der Waals surface area contributed by atoms with Crippen molar-refractivity contribution in [2.75, 3.05) is 18.0 Å². The standard InChI is InChI=1S/C16H16N6O/c17-15(23)12-8-9-21(10-12)14-7-6-13-18-19-16(22(13)20-14)11-4-2-1-3-5-11/h1-7,12H,8-10H2,(H2,17,23)/t12-/m1/s1. The Morgan fingerprint density at radius 3 is 2.70 bits per heavy atom. The molecule has 1 aliphatic heterocycles. The molecule has 0 aliphatic carbocycles. The molecule has 1 amide bonds. The first-order valence-corrected chi connectivity index (χ1v) is 7.54. The summed E-state index contributed by atoms with van der Waals surface area (Å²) in [6, 6.07) is 13.6. The highest BCUT2D eigenvalue weighted by Gasteiger charge is 2.27. The summed E-state index contributed by atoms with van der Waals surface area (Å²) in [5, 5.41) is 13.1. The van der Waals surface area contributed by atoms with Crippen molar-refractivity contribution >= 4 is 17.4 Å². The topological polar surface area (TPSA) is 89.4 Å². The van der Waals surface area contributed by atoms with E-state index in [0.717, 1.165) is 24.3 Å². The summed E-state index contributed by atoms with van der Waals surface area (Å²) in [7, 11) is 0. The Morgan fingerprint density at radius 2 is 1.96 bits per heavy atom. The summed E-state index contributed by atoms with van der Waals surface area (Å²) < 4.78 is 1.74. The van der Waals surface area contributed by atoms with Gasteiger partial charge in [-0.3, -0.25) is 4.79 Å². The molecule has 0 spiro atoms. The van der Waals surface area contributed by atoms with Crippen LogP contribution in [0.25, 0.3) is 17.0 Å². The first-order chi connectivity index (χ1) is 11.2. The lowest BCUT2D eigenvalue weighted by atomic mass is 10.1. The fourth-order valence-corrected chi connectivity index (χ4v) is 2.92. The number of anilines is 1. The lowest BCUT2D eigenvalue weighted by Crippen LogP contribution is -2.27. The van der Waals surface area contributed by atoms with Gasteiger partial charge in [-0.25, -0.2) is 0 Å². The highest BCUT2D eigenvalue weighted by atomic mass is 16.1. The number of fused-ring (bicyclic) bond motifs is 1. The maximum Gasteiger partial charge on any atom is 0.222 e. The Bertz CT molecular complexity index is 859. The normalized spacial score (nSPS) is 17.7. The van der Waals surface area contributed by atoms with Crippen molar-refractivity contribution in [2.45, 2.75) is 6.42 Å². The predicted molar refractivity (Wildman–Crippen MR) is 85.7 cm³/mol. The van der Waals surface area contributed by atoms with Crippen LogP contribution in [0.15, 0.2) is 42.5 Å². The first-order valence-electron chi connectivity index (χ1n) is 7.54. The summed E-state index contributed by atoms with van der Waals surface area (Å²) >= 11 is 0. The minimum atomic E-state index is -0.247. The van der Waals surface area contributed by atoms with Crippen LogP contribution in [0.5, 0.6) is 0 Å². The molecule has 0 radical (unpaired) electrons. The third-order valence-corrected chi connectivity index (χ3v) is 4.20. The molecule has 7 nitrogen and oxygen atoms in total. The Morgan fingerprint density at radius 1 is 1.13 bits per heavy atom. The molecule has 1 atom stereocenters. The molecular weight excluding hydrogens is 292 g/mol. The van der Waals surface area contributed by atoms with Crippen LogP contribution in [-0.4, -0.2) is 38.8 Å². The summed E-state index contributed by atoms with van der Waals surface area (Å²) in [6.07, 6.45) is 0.767. The highest BCUT2D eigenvalue weighted by Crippen LogP contribution is 2.23. The minimum absolute atomic E-state index is 0.109. The molecule has 1 aliphatic rings. The quantitative estimate of drug-likeness (QED) is 0.782. The van der Waals surface area contributed by atoms with Crippen molar-refractivity contribution in [1.82, 2.24) is 19.8 Å². The van der Waals surface area contributed by atoms with Crippen molar-refractivity contribution in [2.24, 2.45) is 11.7 Å². The summed E-state index contributed by atoms with van der Waals surface area (Å²) in [6.45, 7) is 1.38. The van der Waals surface area contributed by atoms with Crippen LogP contribution >= 0.6 is 0 Å². The van der Waals surface area contributed by atoms with Crippen molar-refractivity contribution < 1.29 is 4.79 Å². The maximum atomic E-state index is 11.3. The lowest BCUT2D eigenvalue weighted by molar-refractivity contribution is -0.121. The number of rotatable bonds is 3. The number of hydrogen-bond acceptors (Lipinski definition) is 5. The zero-order valence-electron chi connectivity index (χ0n) is 12.5. The van der Waals surface area contributed by atoms with Gasteiger partial charge in [0.1, 0.15) is 5.82 Å². The van der Waals surface area contributed by atoms with Gasteiger partial charge in [-0.1, -0.05) is 30.3 Å². The summed E-state index contributed by atoms with van der Waals surface area (Å²) in [5.41, 5.74) is 7.05. The number of hydrogen-bond donors (Lipinski definition) is 1. The molecule has 2 N–H and O–H groups in total. The van der Waals surface area contributed by atoms with Crippen molar-refractivity contribution in [3.05, 3.63) is 42.5 Å². The van der Waals surface area contributed by atoms with Gasteiger partial charge in [-0.05, 0) is 18.6 Å². The highest BCUT2D eigenvalue weighted by molar-refractivity contribution is 5.78. The molecule has 4 rings (SSSR count). The number of nitrogens with two attached hydrogens (primary N) is 1. The molecule has 1 fully saturated rings. The van der Waals surface area contributed by atoms with E-state index in [1.165, 1.54) is 0 Å². The third-order valence-electron chi connectivity index (χ3n) is 4.20. The second kappa shape index (κ2) is 5.35. The number of carbonyl (C=O) groups excluding carboxylic acids is 1. The van der Waals surface area contributed by atoms with Crippen LogP contribution in [0.3, 0.4) is 0 Å². The Kier molecular flexibility index (Phi) is 3.18. The lowest BCUT2D eigenvalue weighted by Gasteiger charge is -2.16. The van der Waals surface area contributed by atoms with E-state index < -0.39 is 0 Å². The predicted octanol–water partition coefficient (Wildman–Crippen LogP) is 1.10. The molecule has 0 saturated carbocycles. The molecule has 7 heteroatoms. The second-order valence-corrected chi connectivity index (χ2v) is 5.69. The molecule has 0 bridgehead atoms. The van der Waals surface area contributed by atoms with Crippen LogP contribution in [0.2, 0.25) is 0 Å². The smallest absolute Gasteiger partial charge is 0.222 e. The number of primary amides is 1. The van der Waals surface area contributed by atoms with Crippen LogP contribution in [0.4, 0.5) is 5.82 Å². The van der Waals surface area contributed by atoms with E-state index in [1.807, 2.05) is 42.5 Å². The Hall–Kier alpha value is -2.96. The van der Waals surface area contributed by atoms with E-state index in [-0.39, 0.29) is 11.8 Å². The van der Waals surface area contributed by atoms with Crippen molar-refractivity contribution in [3.8, 4) is 11.4 Å². The molecule has 3 heterocycles.